The number of halogens is 4. The summed E-state index contributed by atoms with van der Waals surface area (Å²) in [6.45, 7) is 4.08. The highest BCUT2D eigenvalue weighted by Crippen LogP contribution is 2.55. The van der Waals surface area contributed by atoms with E-state index in [4.69, 9.17) is 22.3 Å². The normalized spacial score (nSPS) is 28.9. The van der Waals surface area contributed by atoms with Gasteiger partial charge in [0.25, 0.3) is 5.91 Å². The van der Waals surface area contributed by atoms with Crippen LogP contribution in [0.3, 0.4) is 0 Å². The smallest absolute Gasteiger partial charge is 0.386 e. The van der Waals surface area contributed by atoms with Crippen molar-refractivity contribution in [1.82, 2.24) is 4.98 Å². The number of carbonyl (C=O) groups is 1. The van der Waals surface area contributed by atoms with Gasteiger partial charge >= 0.3 is 6.18 Å². The second-order valence-corrected chi connectivity index (χ2v) is 12.6. The summed E-state index contributed by atoms with van der Waals surface area (Å²) >= 11 is 5.90. The molecule has 1 unspecified atom stereocenters. The number of nitrogens with one attached hydrogen (secondary N) is 1. The molecule has 1 aromatic heterocycles. The van der Waals surface area contributed by atoms with Crippen LogP contribution in [0.25, 0.3) is 0 Å². The van der Waals surface area contributed by atoms with Crippen molar-refractivity contribution in [3.8, 4) is 0 Å². The van der Waals surface area contributed by atoms with Crippen molar-refractivity contribution < 1.29 is 22.2 Å². The van der Waals surface area contributed by atoms with Crippen LogP contribution in [0.15, 0.2) is 39.8 Å². The lowest BCUT2D eigenvalue weighted by molar-refractivity contribution is -0.137. The lowest BCUT2D eigenvalue weighted by atomic mass is 9.67. The summed E-state index contributed by atoms with van der Waals surface area (Å²) in [6, 6.07) is 5.91. The van der Waals surface area contributed by atoms with Crippen molar-refractivity contribution >= 4 is 38.8 Å². The van der Waals surface area contributed by atoms with Crippen molar-refractivity contribution in [1.29, 1.82) is 0 Å². The van der Waals surface area contributed by atoms with E-state index in [0.717, 1.165) is 11.1 Å². The first-order valence-corrected chi connectivity index (χ1v) is 12.5. The molecule has 2 aromatic rings. The minimum atomic E-state index is -4.62. The number of nitrogens with two attached hydrogens (primary N) is 1. The number of aliphatic imine (C=N–C) groups is 1. The van der Waals surface area contributed by atoms with Crippen LogP contribution in [-0.2, 0) is 27.9 Å². The molecule has 0 fully saturated rings. The fraction of sp³-hybridized carbons (Fsp3) is 0.409. The lowest BCUT2D eigenvalue weighted by Gasteiger charge is -2.51. The minimum absolute atomic E-state index is 0.292. The van der Waals surface area contributed by atoms with Crippen molar-refractivity contribution in [3.05, 3.63) is 57.9 Å². The van der Waals surface area contributed by atoms with Gasteiger partial charge in [-0.2, -0.15) is 13.2 Å². The molecule has 1 spiro atoms. The van der Waals surface area contributed by atoms with Crippen LogP contribution in [0.4, 0.5) is 18.9 Å². The summed E-state index contributed by atoms with van der Waals surface area (Å²) in [7, 11) is -2.67. The third-order valence-electron chi connectivity index (χ3n) is 6.94. The molecule has 3 aliphatic rings. The van der Waals surface area contributed by atoms with Crippen LogP contribution in [-0.4, -0.2) is 37.5 Å². The van der Waals surface area contributed by atoms with Gasteiger partial charge in [-0.1, -0.05) is 17.7 Å². The maximum atomic E-state index is 13.9. The van der Waals surface area contributed by atoms with E-state index in [9.17, 15) is 22.2 Å². The largest absolute Gasteiger partial charge is 0.417 e. The lowest BCUT2D eigenvalue weighted by Crippen LogP contribution is -2.62. The van der Waals surface area contributed by atoms with Gasteiger partial charge in [-0.25, -0.2) is 13.6 Å². The molecule has 180 valence electrons. The number of amidine groups is 1. The van der Waals surface area contributed by atoms with Gasteiger partial charge in [0.15, 0.2) is 0 Å². The predicted octanol–water partition coefficient (Wildman–Crippen LogP) is 4.15. The van der Waals surface area contributed by atoms with Gasteiger partial charge in [-0.15, -0.1) is 0 Å². The standard InChI is InChI=1S/C22H21ClF3N5O2S/c1-20(2)19(27)31-21(16-5-6-29-34(16,20)33)9-11-3-4-13(8-14(11)21)30-18(32)17-15(23)7-12(10-28-17)22(24,25)26/h3-4,7-8,10,16H,5-6,9H2,1-2H3,(H2,27,31)(H,30,32)/t16-,21+,34?/m0/s1. The van der Waals surface area contributed by atoms with Crippen LogP contribution in [0.1, 0.15) is 47.4 Å². The molecule has 3 N–H and O–H groups in total. The van der Waals surface area contributed by atoms with Gasteiger partial charge in [0.2, 0.25) is 0 Å². The van der Waals surface area contributed by atoms with Gasteiger partial charge in [0.1, 0.15) is 21.8 Å². The number of fused-ring (bicyclic) bond motifs is 4. The fourth-order valence-electron chi connectivity index (χ4n) is 4.97. The van der Waals surface area contributed by atoms with Crippen LogP contribution in [0.2, 0.25) is 5.02 Å². The van der Waals surface area contributed by atoms with Gasteiger partial charge < -0.3 is 11.1 Å². The number of anilines is 1. The van der Waals surface area contributed by atoms with Crippen LogP contribution in [0, 0.1) is 0 Å². The first kappa shape index (κ1) is 23.1. The number of carbonyl (C=O) groups excluding carboxylic acids is 1. The SMILES string of the molecule is CC1(C)C(N)=N[C@@]2(Cc3ccc(NC(=O)c4ncc(C(F)(F)F)cc4Cl)cc32)[C@@H]2CCN=S21=O. The predicted molar refractivity (Wildman–Crippen MR) is 124 cm³/mol. The monoisotopic (exact) mass is 511 g/mol. The minimum Gasteiger partial charge on any atom is -0.386 e. The topological polar surface area (TPSA) is 110 Å². The average Bonchev–Trinajstić information content (AvgIpc) is 3.15. The number of pyridine rings is 1. The molecule has 3 atom stereocenters. The number of hydrogen-bond donors (Lipinski definition) is 2. The number of nitrogens with zero attached hydrogens (tertiary/aromatic N) is 3. The summed E-state index contributed by atoms with van der Waals surface area (Å²) in [6.07, 6.45) is -2.87. The first-order valence-electron chi connectivity index (χ1n) is 10.5. The Morgan fingerprint density at radius 3 is 2.71 bits per heavy atom. The summed E-state index contributed by atoms with van der Waals surface area (Å²) in [5, 5.41) is 1.93. The Bertz CT molecular complexity index is 1400. The highest BCUT2D eigenvalue weighted by molar-refractivity contribution is 7.96. The van der Waals surface area contributed by atoms with E-state index in [-0.39, 0.29) is 10.9 Å². The Morgan fingerprint density at radius 1 is 1.29 bits per heavy atom. The Morgan fingerprint density at radius 2 is 2.03 bits per heavy atom. The number of rotatable bonds is 2. The molecule has 0 saturated heterocycles. The average molecular weight is 512 g/mol. The van der Waals surface area contributed by atoms with Gasteiger partial charge in [-0.05, 0) is 49.6 Å². The number of hydrogen-bond acceptors (Lipinski definition) is 6. The zero-order valence-corrected chi connectivity index (χ0v) is 19.8. The molecule has 2 aliphatic heterocycles. The van der Waals surface area contributed by atoms with E-state index in [0.29, 0.717) is 43.2 Å². The fourth-order valence-corrected chi connectivity index (χ4v) is 8.38. The molecule has 5 rings (SSSR count). The van der Waals surface area contributed by atoms with E-state index < -0.39 is 42.7 Å². The quantitative estimate of drug-likeness (QED) is 0.631. The van der Waals surface area contributed by atoms with Crippen molar-refractivity contribution in [2.75, 3.05) is 11.9 Å². The Balaban J connectivity index is 1.48. The number of benzene rings is 1. The summed E-state index contributed by atoms with van der Waals surface area (Å²) in [5.41, 5.74) is 6.33. The molecule has 7 nitrogen and oxygen atoms in total. The molecule has 1 aliphatic carbocycles. The van der Waals surface area contributed by atoms with Crippen LogP contribution < -0.4 is 11.1 Å². The van der Waals surface area contributed by atoms with Crippen molar-refractivity contribution in [2.24, 2.45) is 15.1 Å². The molecule has 0 bridgehead atoms. The molecule has 0 saturated carbocycles. The molecule has 34 heavy (non-hydrogen) atoms. The molecule has 0 radical (unpaired) electrons. The van der Waals surface area contributed by atoms with Crippen molar-refractivity contribution in [3.63, 3.8) is 0 Å². The molecule has 1 aromatic carbocycles. The molecule has 12 heteroatoms. The van der Waals surface area contributed by atoms with E-state index in [1.165, 1.54) is 0 Å². The van der Waals surface area contributed by atoms with Crippen LogP contribution >= 0.6 is 11.6 Å². The third kappa shape index (κ3) is 3.09. The van der Waals surface area contributed by atoms with Gasteiger partial charge in [0, 0.05) is 24.8 Å². The zero-order valence-electron chi connectivity index (χ0n) is 18.2. The Hall–Kier alpha value is -2.66. The van der Waals surface area contributed by atoms with Gasteiger partial charge in [0.05, 0.1) is 25.6 Å². The van der Waals surface area contributed by atoms with Crippen LogP contribution in [0.5, 0.6) is 0 Å². The zero-order chi connectivity index (χ0) is 24.7. The highest BCUT2D eigenvalue weighted by Gasteiger charge is 2.61. The number of aromatic nitrogens is 1. The van der Waals surface area contributed by atoms with E-state index in [1.807, 2.05) is 6.07 Å². The number of amides is 1. The Kier molecular flexibility index (Phi) is 4.87. The number of alkyl halides is 3. The van der Waals surface area contributed by atoms with E-state index in [2.05, 4.69) is 14.7 Å². The molecule has 1 amide bonds. The first-order chi connectivity index (χ1) is 15.8. The van der Waals surface area contributed by atoms with E-state index >= 15 is 0 Å². The molecular formula is C22H21ClF3N5O2S. The van der Waals surface area contributed by atoms with Crippen molar-refractivity contribution in [2.45, 2.75) is 48.4 Å². The van der Waals surface area contributed by atoms with E-state index in [1.54, 1.807) is 26.0 Å². The van der Waals surface area contributed by atoms with Gasteiger partial charge in [-0.3, -0.25) is 9.79 Å². The molecule has 3 heterocycles. The summed E-state index contributed by atoms with van der Waals surface area (Å²) < 4.78 is 56.2. The third-order valence-corrected chi connectivity index (χ3v) is 10.9. The molecular weight excluding hydrogens is 491 g/mol. The maximum Gasteiger partial charge on any atom is 0.417 e. The maximum absolute atomic E-state index is 13.9. The summed E-state index contributed by atoms with van der Waals surface area (Å²) in [5.74, 6) is -0.459. The highest BCUT2D eigenvalue weighted by atomic mass is 35.5. The summed E-state index contributed by atoms with van der Waals surface area (Å²) in [4.78, 5) is 21.1. The second-order valence-electron chi connectivity index (χ2n) is 9.19. The Labute approximate surface area is 199 Å². The second kappa shape index (κ2) is 7.17.